The number of alkyl halides is 1. The minimum Gasteiger partial charge on any atom is -0.385 e. The van der Waals surface area contributed by atoms with Crippen molar-refractivity contribution in [3.05, 3.63) is 35.9 Å². The third-order valence-corrected chi connectivity index (χ3v) is 6.39. The Bertz CT molecular complexity index is 458. The summed E-state index contributed by atoms with van der Waals surface area (Å²) >= 11 is 6.16. The minimum absolute atomic E-state index is 0.0891. The van der Waals surface area contributed by atoms with Crippen molar-refractivity contribution >= 4 is 21.4 Å². The van der Waals surface area contributed by atoms with E-state index in [1.165, 1.54) is 6.92 Å². The molecule has 2 atom stereocenters. The molecule has 1 rings (SSSR count). The van der Waals surface area contributed by atoms with Gasteiger partial charge >= 0.3 is 0 Å². The molecule has 5 heteroatoms. The Labute approximate surface area is 107 Å². The topological polar surface area (TPSA) is 54.4 Å². The van der Waals surface area contributed by atoms with Gasteiger partial charge in [0.05, 0.1) is 0 Å². The Hall–Kier alpha value is -0.580. The molecular formula is C12H17ClO3S. The summed E-state index contributed by atoms with van der Waals surface area (Å²) in [6.07, 6.45) is -1.07. The molecule has 0 unspecified atom stereocenters. The SMILES string of the molecule is CC[C@](Cl)([C@@H](O)c1ccccc1)S(=O)(=O)CC. The van der Waals surface area contributed by atoms with Crippen LogP contribution in [0.2, 0.25) is 0 Å². The van der Waals surface area contributed by atoms with E-state index in [-0.39, 0.29) is 12.2 Å². The molecule has 0 radical (unpaired) electrons. The normalized spacial score (nSPS) is 17.4. The minimum atomic E-state index is -3.54. The fourth-order valence-corrected chi connectivity index (χ4v) is 3.56. The lowest BCUT2D eigenvalue weighted by molar-refractivity contribution is 0.154. The average Bonchev–Trinajstić information content (AvgIpc) is 2.37. The van der Waals surface area contributed by atoms with Crippen molar-refractivity contribution in [2.45, 2.75) is 30.6 Å². The van der Waals surface area contributed by atoms with Gasteiger partial charge in [-0.05, 0) is 12.0 Å². The molecule has 96 valence electrons. The van der Waals surface area contributed by atoms with E-state index in [0.717, 1.165) is 0 Å². The van der Waals surface area contributed by atoms with E-state index in [1.54, 1.807) is 37.3 Å². The van der Waals surface area contributed by atoms with Crippen LogP contribution in [-0.4, -0.2) is 23.5 Å². The first-order valence-electron chi connectivity index (χ1n) is 5.53. The van der Waals surface area contributed by atoms with Gasteiger partial charge in [0.25, 0.3) is 0 Å². The molecule has 0 amide bonds. The number of sulfone groups is 1. The molecular weight excluding hydrogens is 260 g/mol. The summed E-state index contributed by atoms with van der Waals surface area (Å²) in [6.45, 7) is 3.19. The summed E-state index contributed by atoms with van der Waals surface area (Å²) in [5.41, 5.74) is 0.515. The summed E-state index contributed by atoms with van der Waals surface area (Å²) in [7, 11) is -3.54. The second-order valence-corrected chi connectivity index (χ2v) is 7.29. The molecule has 0 saturated carbocycles. The number of rotatable bonds is 5. The number of aliphatic hydroxyl groups excluding tert-OH is 1. The van der Waals surface area contributed by atoms with Crippen molar-refractivity contribution in [2.24, 2.45) is 0 Å². The Morgan fingerprint density at radius 3 is 2.24 bits per heavy atom. The average molecular weight is 277 g/mol. The molecule has 17 heavy (non-hydrogen) atoms. The van der Waals surface area contributed by atoms with Gasteiger partial charge in [0, 0.05) is 5.75 Å². The lowest BCUT2D eigenvalue weighted by Crippen LogP contribution is -2.39. The maximum atomic E-state index is 12.0. The van der Waals surface area contributed by atoms with Crippen LogP contribution in [0.1, 0.15) is 31.9 Å². The summed E-state index contributed by atoms with van der Waals surface area (Å²) in [4.78, 5) is 0. The third kappa shape index (κ3) is 2.64. The van der Waals surface area contributed by atoms with Crippen LogP contribution in [0, 0.1) is 0 Å². The van der Waals surface area contributed by atoms with Crippen LogP contribution in [0.5, 0.6) is 0 Å². The van der Waals surface area contributed by atoms with E-state index < -0.39 is 20.1 Å². The van der Waals surface area contributed by atoms with Crippen molar-refractivity contribution in [3.8, 4) is 0 Å². The molecule has 0 bridgehead atoms. The van der Waals surface area contributed by atoms with Crippen molar-refractivity contribution in [1.82, 2.24) is 0 Å². The maximum absolute atomic E-state index is 12.0. The molecule has 0 saturated heterocycles. The molecule has 0 aliphatic carbocycles. The number of aliphatic hydroxyl groups is 1. The van der Waals surface area contributed by atoms with Gasteiger partial charge in [-0.1, -0.05) is 55.8 Å². The van der Waals surface area contributed by atoms with Gasteiger partial charge in [-0.3, -0.25) is 0 Å². The molecule has 3 nitrogen and oxygen atoms in total. The van der Waals surface area contributed by atoms with Gasteiger partial charge in [0.15, 0.2) is 14.0 Å². The van der Waals surface area contributed by atoms with E-state index >= 15 is 0 Å². The second-order valence-electron chi connectivity index (χ2n) is 3.86. The Kier molecular flexibility index (Phi) is 4.58. The van der Waals surface area contributed by atoms with Crippen LogP contribution >= 0.6 is 11.6 Å². The standard InChI is InChI=1S/C12H17ClO3S/c1-3-12(13,17(15,16)4-2)11(14)10-8-6-5-7-9-10/h5-9,11,14H,3-4H2,1-2H3/t11-,12+/m0/s1. The van der Waals surface area contributed by atoms with Gasteiger partial charge in [-0.2, -0.15) is 0 Å². The zero-order valence-corrected chi connectivity index (χ0v) is 11.5. The summed E-state index contributed by atoms with van der Waals surface area (Å²) in [5.74, 6) is -0.0891. The fraction of sp³-hybridized carbons (Fsp3) is 0.500. The molecule has 0 aliphatic heterocycles. The molecule has 0 aromatic heterocycles. The predicted octanol–water partition coefficient (Wildman–Crippen LogP) is 2.50. The lowest BCUT2D eigenvalue weighted by atomic mass is 10.0. The van der Waals surface area contributed by atoms with Gasteiger partial charge in [0.2, 0.25) is 0 Å². The zero-order valence-electron chi connectivity index (χ0n) is 9.93. The Morgan fingerprint density at radius 1 is 1.29 bits per heavy atom. The van der Waals surface area contributed by atoms with Gasteiger partial charge in [-0.25, -0.2) is 8.42 Å². The first kappa shape index (κ1) is 14.5. The van der Waals surface area contributed by atoms with E-state index in [1.807, 2.05) is 0 Å². The molecule has 1 N–H and O–H groups in total. The van der Waals surface area contributed by atoms with Crippen molar-refractivity contribution in [1.29, 1.82) is 0 Å². The third-order valence-electron chi connectivity index (χ3n) is 2.90. The van der Waals surface area contributed by atoms with Crippen LogP contribution in [-0.2, 0) is 9.84 Å². The van der Waals surface area contributed by atoms with Crippen molar-refractivity contribution in [2.75, 3.05) is 5.75 Å². The quantitative estimate of drug-likeness (QED) is 0.841. The lowest BCUT2D eigenvalue weighted by Gasteiger charge is -2.30. The highest BCUT2D eigenvalue weighted by Crippen LogP contribution is 2.40. The van der Waals surface area contributed by atoms with E-state index in [0.29, 0.717) is 5.56 Å². The molecule has 0 aliphatic rings. The van der Waals surface area contributed by atoms with E-state index in [4.69, 9.17) is 11.6 Å². The largest absolute Gasteiger partial charge is 0.385 e. The van der Waals surface area contributed by atoms with Crippen LogP contribution in [0.4, 0.5) is 0 Å². The molecule has 1 aromatic rings. The zero-order chi connectivity index (χ0) is 13.1. The molecule has 1 aromatic carbocycles. The van der Waals surface area contributed by atoms with Crippen LogP contribution in [0.15, 0.2) is 30.3 Å². The predicted molar refractivity (Wildman–Crippen MR) is 69.7 cm³/mol. The van der Waals surface area contributed by atoms with E-state index in [9.17, 15) is 13.5 Å². The second kappa shape index (κ2) is 5.38. The highest BCUT2D eigenvalue weighted by atomic mass is 35.5. The summed E-state index contributed by atoms with van der Waals surface area (Å²) in [5, 5.41) is 10.2. The monoisotopic (exact) mass is 276 g/mol. The van der Waals surface area contributed by atoms with Gasteiger partial charge in [0.1, 0.15) is 6.10 Å². The highest BCUT2D eigenvalue weighted by Gasteiger charge is 2.46. The summed E-state index contributed by atoms with van der Waals surface area (Å²) in [6, 6.07) is 8.62. The van der Waals surface area contributed by atoms with Crippen molar-refractivity contribution < 1.29 is 13.5 Å². The number of benzene rings is 1. The number of hydrogen-bond donors (Lipinski definition) is 1. The van der Waals surface area contributed by atoms with Gasteiger partial charge in [-0.15, -0.1) is 0 Å². The first-order chi connectivity index (χ1) is 7.89. The summed E-state index contributed by atoms with van der Waals surface area (Å²) < 4.78 is 22.3. The molecule has 0 spiro atoms. The van der Waals surface area contributed by atoms with Crippen molar-refractivity contribution in [3.63, 3.8) is 0 Å². The number of hydrogen-bond acceptors (Lipinski definition) is 3. The first-order valence-corrected chi connectivity index (χ1v) is 7.56. The smallest absolute Gasteiger partial charge is 0.175 e. The highest BCUT2D eigenvalue weighted by molar-refractivity contribution is 7.94. The Balaban J connectivity index is 3.20. The maximum Gasteiger partial charge on any atom is 0.175 e. The Morgan fingerprint density at radius 2 is 1.82 bits per heavy atom. The van der Waals surface area contributed by atoms with Gasteiger partial charge < -0.3 is 5.11 Å². The van der Waals surface area contributed by atoms with E-state index in [2.05, 4.69) is 0 Å². The van der Waals surface area contributed by atoms with Crippen LogP contribution in [0.3, 0.4) is 0 Å². The molecule has 0 heterocycles. The van der Waals surface area contributed by atoms with Crippen LogP contribution in [0.25, 0.3) is 0 Å². The van der Waals surface area contributed by atoms with Crippen LogP contribution < -0.4 is 0 Å². The molecule has 0 fully saturated rings. The number of halogens is 1. The fourth-order valence-electron chi connectivity index (χ4n) is 1.71.